The van der Waals surface area contributed by atoms with Crippen LogP contribution in [-0.4, -0.2) is 47.5 Å². The maximum Gasteiger partial charge on any atom is 0.164 e. The number of pyridine rings is 1. The number of halogens is 1. The van der Waals surface area contributed by atoms with Gasteiger partial charge in [0.25, 0.3) is 0 Å². The summed E-state index contributed by atoms with van der Waals surface area (Å²) in [6, 6.07) is 10.1. The van der Waals surface area contributed by atoms with Crippen molar-refractivity contribution in [1.82, 2.24) is 19.5 Å². The van der Waals surface area contributed by atoms with E-state index in [1.165, 1.54) is 0 Å². The lowest BCUT2D eigenvalue weighted by Gasteiger charge is -2.26. The Morgan fingerprint density at radius 2 is 2.09 bits per heavy atom. The van der Waals surface area contributed by atoms with Gasteiger partial charge in [-0.3, -0.25) is 0 Å². The van der Waals surface area contributed by atoms with Gasteiger partial charge in [0.2, 0.25) is 0 Å². The van der Waals surface area contributed by atoms with E-state index in [0.717, 1.165) is 38.4 Å². The number of rotatable bonds is 4. The molecule has 2 aliphatic rings. The average Bonchev–Trinajstić information content (AvgIpc) is 3.46. The second-order valence-corrected chi connectivity index (χ2v) is 11.0. The summed E-state index contributed by atoms with van der Waals surface area (Å²) in [6.45, 7) is 4.18. The molecule has 0 unspecified atom stereocenters. The summed E-state index contributed by atoms with van der Waals surface area (Å²) in [6.07, 6.45) is 3.14. The third-order valence-corrected chi connectivity index (χ3v) is 8.26. The lowest BCUT2D eigenvalue weighted by Crippen LogP contribution is -2.45. The highest BCUT2D eigenvalue weighted by atomic mass is 79.9. The minimum atomic E-state index is -1.30. The van der Waals surface area contributed by atoms with Gasteiger partial charge in [-0.2, -0.15) is 0 Å². The highest BCUT2D eigenvalue weighted by molar-refractivity contribution is 9.10. The molecule has 8 nitrogen and oxygen atoms in total. The van der Waals surface area contributed by atoms with E-state index in [2.05, 4.69) is 50.8 Å². The van der Waals surface area contributed by atoms with E-state index in [-0.39, 0.29) is 11.8 Å². The zero-order chi connectivity index (χ0) is 24.5. The molecule has 4 heterocycles. The number of aliphatic hydroxyl groups is 2. The minimum absolute atomic E-state index is 0.0626. The van der Waals surface area contributed by atoms with Crippen LogP contribution in [0.1, 0.15) is 50.1 Å². The molecular formula is C26H28BrN5O3. The first-order valence-corrected chi connectivity index (χ1v) is 12.8. The molecule has 2 fully saturated rings. The first-order valence-electron chi connectivity index (χ1n) is 12.0. The number of nitrogens with zero attached hydrogens (tertiary/aromatic N) is 4. The van der Waals surface area contributed by atoms with Crippen molar-refractivity contribution < 1.29 is 14.9 Å². The van der Waals surface area contributed by atoms with Crippen molar-refractivity contribution in [2.75, 3.05) is 5.73 Å². The number of benzene rings is 1. The van der Waals surface area contributed by atoms with Gasteiger partial charge in [0.05, 0.1) is 21.8 Å². The molecule has 6 rings (SSSR count). The summed E-state index contributed by atoms with van der Waals surface area (Å²) in [5.74, 6) is 0.762. The van der Waals surface area contributed by atoms with Gasteiger partial charge in [-0.1, -0.05) is 26.0 Å². The van der Waals surface area contributed by atoms with Crippen LogP contribution in [0.5, 0.6) is 0 Å². The van der Waals surface area contributed by atoms with Gasteiger partial charge >= 0.3 is 0 Å². The predicted molar refractivity (Wildman–Crippen MR) is 137 cm³/mol. The Kier molecular flexibility index (Phi) is 5.37. The third-order valence-electron chi connectivity index (χ3n) is 7.63. The fraction of sp³-hybridized carbons (Fsp3) is 0.423. The summed E-state index contributed by atoms with van der Waals surface area (Å²) in [7, 11) is 0. The van der Waals surface area contributed by atoms with E-state index in [1.54, 1.807) is 6.33 Å². The standard InChI is InChI=1S/C26H28BrN5O3/c1-13(2)20-17-6-8-32(24(17)30-12-29-20)25-21(33)26(34)7-5-16(22(26)35-25)9-14-3-4-15-11-18(27)23(28)31-19(15)10-14/h3-4,6,8,10-13,16,21-22,25,33-34H,5,7,9H2,1-2H3,(H2,28,31)/t16-,21-,22+,25+,26-/m0/s1. The largest absolute Gasteiger partial charge is 0.385 e. The number of hydrogen-bond acceptors (Lipinski definition) is 7. The summed E-state index contributed by atoms with van der Waals surface area (Å²) >= 11 is 3.43. The molecule has 1 saturated carbocycles. The Labute approximate surface area is 211 Å². The fourth-order valence-corrected chi connectivity index (χ4v) is 6.18. The van der Waals surface area contributed by atoms with Gasteiger partial charge in [-0.15, -0.1) is 0 Å². The van der Waals surface area contributed by atoms with Crippen molar-refractivity contribution in [3.63, 3.8) is 0 Å². The van der Waals surface area contributed by atoms with Crippen molar-refractivity contribution in [2.45, 2.75) is 63.1 Å². The second-order valence-electron chi connectivity index (χ2n) is 10.1. The smallest absolute Gasteiger partial charge is 0.164 e. The van der Waals surface area contributed by atoms with Crippen LogP contribution in [0.25, 0.3) is 21.9 Å². The highest BCUT2D eigenvalue weighted by Gasteiger charge is 2.61. The Morgan fingerprint density at radius 3 is 2.89 bits per heavy atom. The topological polar surface area (TPSA) is 119 Å². The van der Waals surface area contributed by atoms with Gasteiger partial charge in [0, 0.05) is 17.0 Å². The number of nitrogen functional groups attached to an aromatic ring is 1. The normalized spacial score (nSPS) is 28.4. The Morgan fingerprint density at radius 1 is 1.26 bits per heavy atom. The van der Waals surface area contributed by atoms with Crippen LogP contribution in [0, 0.1) is 5.92 Å². The van der Waals surface area contributed by atoms with Crippen LogP contribution in [0.3, 0.4) is 0 Å². The third kappa shape index (κ3) is 3.56. The minimum Gasteiger partial charge on any atom is -0.385 e. The molecule has 1 aliphatic carbocycles. The van der Waals surface area contributed by atoms with Gasteiger partial charge in [0.15, 0.2) is 6.23 Å². The van der Waals surface area contributed by atoms with Crippen LogP contribution in [0.15, 0.2) is 47.3 Å². The molecule has 0 bridgehead atoms. The molecule has 4 N–H and O–H groups in total. The summed E-state index contributed by atoms with van der Waals surface area (Å²) < 4.78 is 9.04. The summed E-state index contributed by atoms with van der Waals surface area (Å²) in [5.41, 5.74) is 8.27. The van der Waals surface area contributed by atoms with E-state index < -0.39 is 24.0 Å². The molecule has 0 amide bonds. The molecule has 182 valence electrons. The van der Waals surface area contributed by atoms with Crippen LogP contribution in [0.2, 0.25) is 0 Å². The van der Waals surface area contributed by atoms with Gasteiger partial charge in [0.1, 0.15) is 29.5 Å². The Hall–Kier alpha value is -2.59. The van der Waals surface area contributed by atoms with E-state index in [1.807, 2.05) is 35.0 Å². The summed E-state index contributed by atoms with van der Waals surface area (Å²) in [4.78, 5) is 13.4. The van der Waals surface area contributed by atoms with E-state index in [0.29, 0.717) is 24.3 Å². The van der Waals surface area contributed by atoms with Crippen molar-refractivity contribution in [2.24, 2.45) is 5.92 Å². The van der Waals surface area contributed by atoms with Gasteiger partial charge in [-0.25, -0.2) is 15.0 Å². The highest BCUT2D eigenvalue weighted by Crippen LogP contribution is 2.50. The zero-order valence-electron chi connectivity index (χ0n) is 19.6. The first-order chi connectivity index (χ1) is 16.8. The maximum atomic E-state index is 11.5. The van der Waals surface area contributed by atoms with Crippen LogP contribution in [0.4, 0.5) is 5.82 Å². The quantitative estimate of drug-likeness (QED) is 0.358. The summed E-state index contributed by atoms with van der Waals surface area (Å²) in [5, 5.41) is 24.7. The van der Waals surface area contributed by atoms with Crippen molar-refractivity contribution >= 4 is 43.7 Å². The van der Waals surface area contributed by atoms with Gasteiger partial charge < -0.3 is 25.3 Å². The number of nitrogens with two attached hydrogens (primary N) is 1. The molecule has 3 aromatic heterocycles. The predicted octanol–water partition coefficient (Wildman–Crippen LogP) is 4.09. The van der Waals surface area contributed by atoms with E-state index >= 15 is 0 Å². The number of fused-ring (bicyclic) bond motifs is 3. The molecule has 1 aliphatic heterocycles. The van der Waals surface area contributed by atoms with Gasteiger partial charge in [-0.05, 0) is 70.8 Å². The van der Waals surface area contributed by atoms with Crippen LogP contribution in [-0.2, 0) is 11.2 Å². The number of aromatic nitrogens is 4. The molecular weight excluding hydrogens is 510 g/mol. The first kappa shape index (κ1) is 22.8. The number of hydrogen-bond donors (Lipinski definition) is 3. The molecule has 1 aromatic carbocycles. The lowest BCUT2D eigenvalue weighted by atomic mass is 9.90. The molecule has 5 atom stereocenters. The van der Waals surface area contributed by atoms with Crippen LogP contribution < -0.4 is 5.73 Å². The van der Waals surface area contributed by atoms with E-state index in [9.17, 15) is 10.2 Å². The Balaban J connectivity index is 1.29. The SMILES string of the molecule is CC(C)c1ncnc2c1ccn2[C@@H]1O[C@@H]2[C@H](Cc3ccc4cc(Br)c(N)nc4c3)CC[C@]2(O)[C@H]1O. The molecule has 0 radical (unpaired) electrons. The number of ether oxygens (including phenoxy) is 1. The number of aliphatic hydroxyl groups excluding tert-OH is 1. The second kappa shape index (κ2) is 8.23. The number of anilines is 1. The van der Waals surface area contributed by atoms with Crippen LogP contribution >= 0.6 is 15.9 Å². The van der Waals surface area contributed by atoms with Crippen molar-refractivity contribution in [3.8, 4) is 0 Å². The molecule has 35 heavy (non-hydrogen) atoms. The molecule has 1 saturated heterocycles. The average molecular weight is 538 g/mol. The molecule has 4 aromatic rings. The lowest BCUT2D eigenvalue weighted by molar-refractivity contribution is -0.0675. The molecule has 0 spiro atoms. The molecule has 9 heteroatoms. The van der Waals surface area contributed by atoms with Crippen molar-refractivity contribution in [3.05, 3.63) is 58.6 Å². The fourth-order valence-electron chi connectivity index (χ4n) is 5.85. The monoisotopic (exact) mass is 537 g/mol. The van der Waals surface area contributed by atoms with Crippen molar-refractivity contribution in [1.29, 1.82) is 0 Å². The van der Waals surface area contributed by atoms with E-state index in [4.69, 9.17) is 10.5 Å². The maximum absolute atomic E-state index is 11.5. The zero-order valence-corrected chi connectivity index (χ0v) is 21.2. The Bertz CT molecular complexity index is 1440.